The van der Waals surface area contributed by atoms with Crippen LogP contribution >= 0.6 is 23.1 Å². The number of nitrogens with one attached hydrogen (secondary N) is 1. The van der Waals surface area contributed by atoms with Crippen molar-refractivity contribution in [2.24, 2.45) is 0 Å². The average Bonchev–Trinajstić information content (AvgIpc) is 3.07. The number of rotatable bonds is 5. The lowest BCUT2D eigenvalue weighted by Crippen LogP contribution is -2.12. The number of sulfonamides is 1. The van der Waals surface area contributed by atoms with Gasteiger partial charge in [-0.1, -0.05) is 41.6 Å². The van der Waals surface area contributed by atoms with Crippen LogP contribution < -0.4 is 4.72 Å². The standard InChI is InChI=1S/C20H16N2O3S3/c1-13-6-9-15(10-7-13)28(24,25)22-14-8-11-17(23)19(12-14)27-20-21-16-4-2-3-5-18(16)26-20/h2-12,22-23H,1H3. The maximum Gasteiger partial charge on any atom is 0.261 e. The Morgan fingerprint density at radius 2 is 1.79 bits per heavy atom. The molecule has 1 heterocycles. The fourth-order valence-electron chi connectivity index (χ4n) is 2.58. The zero-order valence-electron chi connectivity index (χ0n) is 14.8. The van der Waals surface area contributed by atoms with E-state index in [2.05, 4.69) is 9.71 Å². The van der Waals surface area contributed by atoms with E-state index < -0.39 is 10.0 Å². The Kier molecular flexibility index (Phi) is 5.01. The first-order valence-corrected chi connectivity index (χ1v) is 11.5. The summed E-state index contributed by atoms with van der Waals surface area (Å²) in [7, 11) is -3.71. The molecule has 1 aromatic heterocycles. The first-order valence-electron chi connectivity index (χ1n) is 8.37. The molecule has 5 nitrogen and oxygen atoms in total. The fraction of sp³-hybridized carbons (Fsp3) is 0.0500. The molecular formula is C20H16N2O3S3. The van der Waals surface area contributed by atoms with Crippen LogP contribution in [0.2, 0.25) is 0 Å². The predicted octanol–water partition coefficient (Wildman–Crippen LogP) is 5.26. The van der Waals surface area contributed by atoms with Gasteiger partial charge < -0.3 is 5.11 Å². The Morgan fingerprint density at radius 1 is 1.04 bits per heavy atom. The number of aryl methyl sites for hydroxylation is 1. The van der Waals surface area contributed by atoms with Crippen molar-refractivity contribution in [3.63, 3.8) is 0 Å². The molecule has 0 bridgehead atoms. The van der Waals surface area contributed by atoms with Gasteiger partial charge in [0.05, 0.1) is 25.7 Å². The molecule has 0 saturated carbocycles. The summed E-state index contributed by atoms with van der Waals surface area (Å²) in [4.78, 5) is 5.26. The number of para-hydroxylation sites is 1. The first kappa shape index (κ1) is 18.8. The van der Waals surface area contributed by atoms with Gasteiger partial charge in [0, 0.05) is 0 Å². The number of anilines is 1. The zero-order chi connectivity index (χ0) is 19.7. The third-order valence-corrected chi connectivity index (χ3v) is 7.56. The van der Waals surface area contributed by atoms with E-state index in [-0.39, 0.29) is 10.6 Å². The molecule has 0 radical (unpaired) electrons. The molecule has 0 unspecified atom stereocenters. The molecule has 0 aliphatic carbocycles. The highest BCUT2D eigenvalue weighted by Crippen LogP contribution is 2.39. The van der Waals surface area contributed by atoms with Crippen LogP contribution in [0.15, 0.2) is 80.9 Å². The molecule has 0 amide bonds. The summed E-state index contributed by atoms with van der Waals surface area (Å²) >= 11 is 2.82. The van der Waals surface area contributed by atoms with Crippen LogP contribution in [0.4, 0.5) is 5.69 Å². The minimum atomic E-state index is -3.71. The number of hydrogen-bond acceptors (Lipinski definition) is 6. The molecule has 4 aromatic rings. The van der Waals surface area contributed by atoms with Gasteiger partial charge in [-0.25, -0.2) is 13.4 Å². The van der Waals surface area contributed by atoms with Crippen LogP contribution in [0.3, 0.4) is 0 Å². The minimum Gasteiger partial charge on any atom is -0.507 e. The number of aromatic hydroxyl groups is 1. The average molecular weight is 429 g/mol. The molecular weight excluding hydrogens is 412 g/mol. The predicted molar refractivity (Wildman–Crippen MR) is 114 cm³/mol. The second kappa shape index (κ2) is 7.46. The monoisotopic (exact) mass is 428 g/mol. The molecule has 0 aliphatic rings. The van der Waals surface area contributed by atoms with Gasteiger partial charge in [-0.2, -0.15) is 0 Å². The second-order valence-electron chi connectivity index (χ2n) is 6.15. The van der Waals surface area contributed by atoms with Gasteiger partial charge in [-0.3, -0.25) is 4.72 Å². The molecule has 8 heteroatoms. The number of phenols is 1. The van der Waals surface area contributed by atoms with Crippen molar-refractivity contribution in [3.8, 4) is 5.75 Å². The lowest BCUT2D eigenvalue weighted by molar-refractivity contribution is 0.462. The summed E-state index contributed by atoms with van der Waals surface area (Å²) in [5.74, 6) is 0.0718. The fourth-order valence-corrected chi connectivity index (χ4v) is 5.72. The molecule has 3 aromatic carbocycles. The number of nitrogens with zero attached hydrogens (tertiary/aromatic N) is 1. The van der Waals surface area contributed by atoms with Crippen LogP contribution in [-0.4, -0.2) is 18.5 Å². The third kappa shape index (κ3) is 3.99. The number of thiazole rings is 1. The zero-order valence-corrected chi connectivity index (χ0v) is 17.2. The Labute approximate surface area is 171 Å². The molecule has 0 saturated heterocycles. The maximum atomic E-state index is 12.6. The van der Waals surface area contributed by atoms with Gasteiger partial charge in [0.25, 0.3) is 10.0 Å². The molecule has 28 heavy (non-hydrogen) atoms. The highest BCUT2D eigenvalue weighted by atomic mass is 32.2. The van der Waals surface area contributed by atoms with E-state index >= 15 is 0 Å². The highest BCUT2D eigenvalue weighted by Gasteiger charge is 2.16. The third-order valence-electron chi connectivity index (χ3n) is 4.01. The summed E-state index contributed by atoms with van der Waals surface area (Å²) in [6.07, 6.45) is 0. The first-order chi connectivity index (χ1) is 13.4. The van der Waals surface area contributed by atoms with E-state index in [0.717, 1.165) is 20.1 Å². The van der Waals surface area contributed by atoms with E-state index in [9.17, 15) is 13.5 Å². The summed E-state index contributed by atoms with van der Waals surface area (Å²) in [6.45, 7) is 1.90. The van der Waals surface area contributed by atoms with Gasteiger partial charge in [0.15, 0.2) is 4.34 Å². The van der Waals surface area contributed by atoms with Crippen molar-refractivity contribution < 1.29 is 13.5 Å². The summed E-state index contributed by atoms with van der Waals surface area (Å²) in [6, 6.07) is 19.0. The lowest BCUT2D eigenvalue weighted by Gasteiger charge is -2.10. The molecule has 0 fully saturated rings. The number of fused-ring (bicyclic) bond motifs is 1. The van der Waals surface area contributed by atoms with Crippen molar-refractivity contribution in [2.45, 2.75) is 21.1 Å². The number of hydrogen-bond donors (Lipinski definition) is 2. The van der Waals surface area contributed by atoms with E-state index in [1.807, 2.05) is 31.2 Å². The number of aromatic nitrogens is 1. The Morgan fingerprint density at radius 3 is 2.54 bits per heavy atom. The summed E-state index contributed by atoms with van der Waals surface area (Å²) in [5, 5.41) is 10.2. The molecule has 142 valence electrons. The van der Waals surface area contributed by atoms with Gasteiger partial charge >= 0.3 is 0 Å². The Balaban J connectivity index is 1.60. The normalized spacial score (nSPS) is 11.6. The summed E-state index contributed by atoms with van der Waals surface area (Å²) < 4.78 is 29.6. The van der Waals surface area contributed by atoms with Crippen molar-refractivity contribution in [3.05, 3.63) is 72.3 Å². The van der Waals surface area contributed by atoms with Crippen LogP contribution in [0.1, 0.15) is 5.56 Å². The number of benzene rings is 3. The lowest BCUT2D eigenvalue weighted by atomic mass is 10.2. The SMILES string of the molecule is Cc1ccc(S(=O)(=O)Nc2ccc(O)c(Sc3nc4ccccc4s3)c2)cc1. The molecule has 0 spiro atoms. The van der Waals surface area contributed by atoms with Gasteiger partial charge in [-0.05, 0) is 49.4 Å². The van der Waals surface area contributed by atoms with Crippen molar-refractivity contribution in [1.82, 2.24) is 4.98 Å². The quantitative estimate of drug-likeness (QED) is 0.424. The smallest absolute Gasteiger partial charge is 0.261 e. The topological polar surface area (TPSA) is 79.3 Å². The molecule has 0 aliphatic heterocycles. The molecule has 4 rings (SSSR count). The van der Waals surface area contributed by atoms with E-state index in [1.165, 1.54) is 35.2 Å². The van der Waals surface area contributed by atoms with E-state index in [0.29, 0.717) is 10.6 Å². The van der Waals surface area contributed by atoms with Crippen LogP contribution in [0.5, 0.6) is 5.75 Å². The number of phenolic OH excluding ortho intramolecular Hbond substituents is 1. The van der Waals surface area contributed by atoms with Crippen LogP contribution in [-0.2, 0) is 10.0 Å². The maximum absolute atomic E-state index is 12.6. The van der Waals surface area contributed by atoms with E-state index in [1.54, 1.807) is 30.3 Å². The van der Waals surface area contributed by atoms with Crippen molar-refractivity contribution in [1.29, 1.82) is 0 Å². The van der Waals surface area contributed by atoms with E-state index in [4.69, 9.17) is 0 Å². The minimum absolute atomic E-state index is 0.0718. The Hall–Kier alpha value is -2.55. The molecule has 0 atom stereocenters. The van der Waals surface area contributed by atoms with Gasteiger partial charge in [0.1, 0.15) is 5.75 Å². The Bertz CT molecular complexity index is 1220. The second-order valence-corrected chi connectivity index (χ2v) is 10.2. The highest BCUT2D eigenvalue weighted by molar-refractivity contribution is 8.01. The largest absolute Gasteiger partial charge is 0.507 e. The van der Waals surface area contributed by atoms with Gasteiger partial charge in [0.2, 0.25) is 0 Å². The summed E-state index contributed by atoms with van der Waals surface area (Å²) in [5.41, 5.74) is 2.26. The van der Waals surface area contributed by atoms with Crippen molar-refractivity contribution >= 4 is 49.0 Å². The van der Waals surface area contributed by atoms with Crippen LogP contribution in [0.25, 0.3) is 10.2 Å². The van der Waals surface area contributed by atoms with Crippen molar-refractivity contribution in [2.75, 3.05) is 4.72 Å². The van der Waals surface area contributed by atoms with Crippen LogP contribution in [0, 0.1) is 6.92 Å². The van der Waals surface area contributed by atoms with Gasteiger partial charge in [-0.15, -0.1) is 11.3 Å². The molecule has 2 N–H and O–H groups in total.